The van der Waals surface area contributed by atoms with Gasteiger partial charge in [0.15, 0.2) is 0 Å². The first-order valence-corrected chi connectivity index (χ1v) is 9.24. The minimum Gasteiger partial charge on any atom is -0.272 e. The molecule has 7 heteroatoms. The summed E-state index contributed by atoms with van der Waals surface area (Å²) in [6.07, 6.45) is 5.74. The molecule has 0 aromatic carbocycles. The van der Waals surface area contributed by atoms with Crippen LogP contribution in [0.4, 0.5) is 0 Å². The minimum absolute atomic E-state index is 0.0259. The van der Waals surface area contributed by atoms with Crippen LogP contribution in [0.3, 0.4) is 0 Å². The second-order valence-electron chi connectivity index (χ2n) is 5.81. The van der Waals surface area contributed by atoms with Gasteiger partial charge in [-0.25, -0.2) is 13.1 Å². The van der Waals surface area contributed by atoms with Crippen molar-refractivity contribution in [3.8, 4) is 0 Å². The van der Waals surface area contributed by atoms with Crippen LogP contribution < -0.4 is 4.72 Å². The molecule has 1 N–H and O–H groups in total. The zero-order valence-electron chi connectivity index (χ0n) is 12.2. The van der Waals surface area contributed by atoms with Crippen LogP contribution in [-0.4, -0.2) is 24.7 Å². The first-order valence-electron chi connectivity index (χ1n) is 6.94. The zero-order valence-corrected chi connectivity index (χ0v) is 13.8. The molecular weight excluding hydrogens is 306 g/mol. The number of hydrogen-bond donors (Lipinski definition) is 1. The number of aromatic nitrogens is 2. The maximum Gasteiger partial charge on any atom is 0.241 e. The summed E-state index contributed by atoms with van der Waals surface area (Å²) in [5.74, 6) is 0. The molecule has 0 radical (unpaired) electrons. The third kappa shape index (κ3) is 3.20. The van der Waals surface area contributed by atoms with Crippen LogP contribution in [0.2, 0.25) is 0 Å². The lowest BCUT2D eigenvalue weighted by Gasteiger charge is -2.16. The summed E-state index contributed by atoms with van der Waals surface area (Å²) in [5.41, 5.74) is 0.0259. The number of nitrogens with zero attached hydrogens (tertiary/aromatic N) is 2. The van der Waals surface area contributed by atoms with E-state index in [9.17, 15) is 8.42 Å². The molecule has 114 valence electrons. The molecule has 1 saturated carbocycles. The molecule has 0 spiro atoms. The number of nitrogens with one attached hydrogen (secondary N) is 1. The molecule has 1 aliphatic rings. The summed E-state index contributed by atoms with van der Waals surface area (Å²) in [6, 6.07) is 3.63. The molecule has 0 bridgehead atoms. The van der Waals surface area contributed by atoms with Gasteiger partial charge < -0.3 is 0 Å². The maximum absolute atomic E-state index is 12.4. The van der Waals surface area contributed by atoms with Crippen molar-refractivity contribution in [3.05, 3.63) is 34.3 Å². The van der Waals surface area contributed by atoms with Gasteiger partial charge in [0.25, 0.3) is 0 Å². The van der Waals surface area contributed by atoms with Crippen LogP contribution in [0.15, 0.2) is 29.4 Å². The second kappa shape index (κ2) is 5.23. The summed E-state index contributed by atoms with van der Waals surface area (Å²) in [7, 11) is -3.41. The lowest BCUT2D eigenvalue weighted by molar-refractivity contribution is 0.393. The predicted molar refractivity (Wildman–Crippen MR) is 82.9 cm³/mol. The molecule has 0 unspecified atom stereocenters. The normalized spacial score (nSPS) is 17.0. The highest BCUT2D eigenvalue weighted by Crippen LogP contribution is 2.46. The molecule has 2 aromatic rings. The molecule has 21 heavy (non-hydrogen) atoms. The second-order valence-corrected chi connectivity index (χ2v) is 9.00. The number of sulfonamides is 1. The number of rotatable bonds is 6. The monoisotopic (exact) mass is 325 g/mol. The summed E-state index contributed by atoms with van der Waals surface area (Å²) in [6.45, 7) is 5.02. The Morgan fingerprint density at radius 2 is 2.19 bits per heavy atom. The highest BCUT2D eigenvalue weighted by molar-refractivity contribution is 7.89. The van der Waals surface area contributed by atoms with Crippen LogP contribution in [0.25, 0.3) is 0 Å². The third-order valence-electron chi connectivity index (χ3n) is 3.94. The molecule has 0 atom stereocenters. The Labute approximate surface area is 129 Å². The first-order chi connectivity index (χ1) is 9.90. The zero-order chi connectivity index (χ0) is 15.1. The van der Waals surface area contributed by atoms with Gasteiger partial charge in [0.05, 0.1) is 4.90 Å². The van der Waals surface area contributed by atoms with E-state index in [0.29, 0.717) is 11.4 Å². The fraction of sp³-hybridized carbons (Fsp3) is 0.500. The van der Waals surface area contributed by atoms with Gasteiger partial charge in [0.1, 0.15) is 0 Å². The smallest absolute Gasteiger partial charge is 0.241 e. The summed E-state index contributed by atoms with van der Waals surface area (Å²) in [4.78, 5) is 2.28. The van der Waals surface area contributed by atoms with Gasteiger partial charge in [-0.05, 0) is 38.8 Å². The van der Waals surface area contributed by atoms with Gasteiger partial charge in [0.2, 0.25) is 10.0 Å². The number of hydrogen-bond acceptors (Lipinski definition) is 4. The van der Waals surface area contributed by atoms with Crippen molar-refractivity contribution >= 4 is 21.4 Å². The predicted octanol–water partition coefficient (Wildman–Crippen LogP) is 2.32. The van der Waals surface area contributed by atoms with Gasteiger partial charge in [0, 0.05) is 40.7 Å². The fourth-order valence-electron chi connectivity index (χ4n) is 2.51. The van der Waals surface area contributed by atoms with Crippen LogP contribution in [0.1, 0.15) is 22.6 Å². The average molecular weight is 325 g/mol. The molecule has 0 saturated heterocycles. The Kier molecular flexibility index (Phi) is 3.67. The number of thiophene rings is 1. The highest BCUT2D eigenvalue weighted by Gasteiger charge is 2.44. The van der Waals surface area contributed by atoms with Gasteiger partial charge in [-0.15, -0.1) is 11.3 Å². The van der Waals surface area contributed by atoms with E-state index in [-0.39, 0.29) is 5.41 Å². The van der Waals surface area contributed by atoms with Crippen molar-refractivity contribution < 1.29 is 8.42 Å². The molecule has 0 aliphatic heterocycles. The van der Waals surface area contributed by atoms with Crippen LogP contribution in [0.5, 0.6) is 0 Å². The van der Waals surface area contributed by atoms with E-state index in [1.54, 1.807) is 12.3 Å². The van der Waals surface area contributed by atoms with Crippen LogP contribution in [-0.2, 0) is 16.6 Å². The van der Waals surface area contributed by atoms with Crippen molar-refractivity contribution in [1.82, 2.24) is 14.5 Å². The van der Waals surface area contributed by atoms with E-state index >= 15 is 0 Å². The first kappa shape index (κ1) is 14.7. The Morgan fingerprint density at radius 1 is 1.43 bits per heavy atom. The summed E-state index contributed by atoms with van der Waals surface area (Å²) in [5, 5.41) is 4.20. The molecule has 1 aliphatic carbocycles. The van der Waals surface area contributed by atoms with E-state index < -0.39 is 10.0 Å². The standard InChI is InChI=1S/C14H19N3O2S2/c1-11-8-13(12(2)20-11)21(18,19)16-9-14(4-5-14)10-17-7-3-6-15-17/h3,6-8,16H,4-5,9-10H2,1-2H3. The lowest BCUT2D eigenvalue weighted by Crippen LogP contribution is -2.32. The molecular formula is C14H19N3O2S2. The van der Waals surface area contributed by atoms with E-state index in [0.717, 1.165) is 29.1 Å². The van der Waals surface area contributed by atoms with Crippen molar-refractivity contribution in [2.45, 2.75) is 38.1 Å². The number of aryl methyl sites for hydroxylation is 2. The van der Waals surface area contributed by atoms with Crippen molar-refractivity contribution in [2.75, 3.05) is 6.54 Å². The van der Waals surface area contributed by atoms with Crippen molar-refractivity contribution in [1.29, 1.82) is 0 Å². The van der Waals surface area contributed by atoms with E-state index in [2.05, 4.69) is 9.82 Å². The Bertz CT molecular complexity index is 728. The van der Waals surface area contributed by atoms with Gasteiger partial charge in [-0.1, -0.05) is 0 Å². The maximum atomic E-state index is 12.4. The molecule has 1 fully saturated rings. The lowest BCUT2D eigenvalue weighted by atomic mass is 10.1. The largest absolute Gasteiger partial charge is 0.272 e. The van der Waals surface area contributed by atoms with Crippen molar-refractivity contribution in [2.24, 2.45) is 5.41 Å². The molecule has 2 heterocycles. The van der Waals surface area contributed by atoms with E-state index in [1.807, 2.05) is 30.8 Å². The molecule has 3 rings (SSSR count). The van der Waals surface area contributed by atoms with Crippen LogP contribution in [0, 0.1) is 19.3 Å². The highest BCUT2D eigenvalue weighted by atomic mass is 32.2. The van der Waals surface area contributed by atoms with Gasteiger partial charge in [-0.2, -0.15) is 5.10 Å². The molecule has 0 amide bonds. The topological polar surface area (TPSA) is 64.0 Å². The average Bonchev–Trinajstić information content (AvgIpc) is 2.80. The summed E-state index contributed by atoms with van der Waals surface area (Å²) >= 11 is 1.52. The van der Waals surface area contributed by atoms with E-state index in [4.69, 9.17) is 0 Å². The minimum atomic E-state index is -3.41. The van der Waals surface area contributed by atoms with Crippen LogP contribution >= 0.6 is 11.3 Å². The summed E-state index contributed by atoms with van der Waals surface area (Å²) < 4.78 is 29.5. The Morgan fingerprint density at radius 3 is 2.71 bits per heavy atom. The van der Waals surface area contributed by atoms with Gasteiger partial charge >= 0.3 is 0 Å². The Balaban J connectivity index is 1.68. The van der Waals surface area contributed by atoms with E-state index in [1.165, 1.54) is 11.3 Å². The molecule has 5 nitrogen and oxygen atoms in total. The Hall–Kier alpha value is -1.18. The fourth-order valence-corrected chi connectivity index (χ4v) is 5.22. The van der Waals surface area contributed by atoms with Crippen molar-refractivity contribution in [3.63, 3.8) is 0 Å². The third-order valence-corrected chi connectivity index (χ3v) is 6.56. The van der Waals surface area contributed by atoms with Gasteiger partial charge in [-0.3, -0.25) is 4.68 Å². The molecule has 2 aromatic heterocycles. The quantitative estimate of drug-likeness (QED) is 0.886. The SMILES string of the molecule is Cc1cc(S(=O)(=O)NCC2(Cn3cccn3)CC2)c(C)s1.